The van der Waals surface area contributed by atoms with E-state index in [2.05, 4.69) is 0 Å². The summed E-state index contributed by atoms with van der Waals surface area (Å²) in [5.41, 5.74) is 0.408. The number of halogens is 1. The van der Waals surface area contributed by atoms with E-state index in [9.17, 15) is 8.42 Å². The number of hydrogen-bond donors (Lipinski definition) is 1. The van der Waals surface area contributed by atoms with E-state index in [-0.39, 0.29) is 11.5 Å². The minimum atomic E-state index is -3.53. The Morgan fingerprint density at radius 1 is 1.33 bits per heavy atom. The summed E-state index contributed by atoms with van der Waals surface area (Å²) in [6.45, 7) is 1.21. The highest BCUT2D eigenvalue weighted by atomic mass is 35.5. The largest absolute Gasteiger partial charge is 0.392 e. The van der Waals surface area contributed by atoms with Crippen molar-refractivity contribution in [3.63, 3.8) is 0 Å². The van der Waals surface area contributed by atoms with Gasteiger partial charge in [0.15, 0.2) is 0 Å². The Hall–Kier alpha value is -0.660. The number of benzene rings is 1. The molecule has 0 bridgehead atoms. The highest BCUT2D eigenvalue weighted by Crippen LogP contribution is 2.23. The molecule has 18 heavy (non-hydrogen) atoms. The van der Waals surface area contributed by atoms with Crippen LogP contribution < -0.4 is 0 Å². The van der Waals surface area contributed by atoms with E-state index in [1.54, 1.807) is 0 Å². The molecule has 0 spiro atoms. The molecule has 0 amide bonds. The van der Waals surface area contributed by atoms with Crippen molar-refractivity contribution in [2.24, 2.45) is 0 Å². The van der Waals surface area contributed by atoms with E-state index in [1.807, 2.05) is 0 Å². The molecule has 100 valence electrons. The lowest BCUT2D eigenvalue weighted by molar-refractivity contribution is 0.0730. The Morgan fingerprint density at radius 2 is 2.00 bits per heavy atom. The minimum absolute atomic E-state index is 0.151. The predicted octanol–water partition coefficient (Wildman–Crippen LogP) is 0.853. The molecule has 5 nitrogen and oxygen atoms in total. The zero-order valence-corrected chi connectivity index (χ0v) is 11.2. The van der Waals surface area contributed by atoms with Gasteiger partial charge in [-0.05, 0) is 23.8 Å². The van der Waals surface area contributed by atoms with Crippen LogP contribution in [0.25, 0.3) is 0 Å². The van der Waals surface area contributed by atoms with Crippen LogP contribution in [0.15, 0.2) is 23.1 Å². The molecule has 1 aliphatic heterocycles. The molecule has 1 fully saturated rings. The third kappa shape index (κ3) is 2.67. The van der Waals surface area contributed by atoms with Crippen molar-refractivity contribution in [3.8, 4) is 0 Å². The second-order valence-electron chi connectivity index (χ2n) is 3.93. The van der Waals surface area contributed by atoms with Gasteiger partial charge in [-0.15, -0.1) is 0 Å². The van der Waals surface area contributed by atoms with E-state index in [4.69, 9.17) is 21.4 Å². The average molecular weight is 292 g/mol. The molecule has 0 aromatic heterocycles. The van der Waals surface area contributed by atoms with Crippen LogP contribution in [0.5, 0.6) is 0 Å². The summed E-state index contributed by atoms with van der Waals surface area (Å²) in [6.07, 6.45) is 0. The molecule has 7 heteroatoms. The summed E-state index contributed by atoms with van der Waals surface area (Å²) in [6, 6.07) is 4.35. The Kier molecular flexibility index (Phi) is 4.24. The normalized spacial score (nSPS) is 17.9. The van der Waals surface area contributed by atoms with E-state index < -0.39 is 10.0 Å². The summed E-state index contributed by atoms with van der Waals surface area (Å²) in [5, 5.41) is 9.47. The van der Waals surface area contributed by atoms with Crippen molar-refractivity contribution in [1.82, 2.24) is 4.31 Å². The Balaban J connectivity index is 2.34. The van der Waals surface area contributed by atoms with Crippen LogP contribution in [0, 0.1) is 0 Å². The molecule has 1 aromatic rings. The zero-order chi connectivity index (χ0) is 13.2. The molecule has 1 heterocycles. The van der Waals surface area contributed by atoms with Gasteiger partial charge in [-0.3, -0.25) is 0 Å². The number of rotatable bonds is 3. The van der Waals surface area contributed by atoms with Crippen molar-refractivity contribution >= 4 is 21.6 Å². The van der Waals surface area contributed by atoms with Gasteiger partial charge in [0.1, 0.15) is 0 Å². The van der Waals surface area contributed by atoms with E-state index >= 15 is 0 Å². The van der Waals surface area contributed by atoms with Crippen molar-refractivity contribution in [2.75, 3.05) is 26.3 Å². The summed E-state index contributed by atoms with van der Waals surface area (Å²) in [7, 11) is -3.53. The maximum atomic E-state index is 12.3. The lowest BCUT2D eigenvalue weighted by atomic mass is 10.2. The van der Waals surface area contributed by atoms with E-state index in [1.165, 1.54) is 22.5 Å². The third-order valence-electron chi connectivity index (χ3n) is 2.80. The molecule has 0 unspecified atom stereocenters. The number of aliphatic hydroxyl groups is 1. The average Bonchev–Trinajstić information content (AvgIpc) is 2.40. The molecule has 0 saturated carbocycles. The van der Waals surface area contributed by atoms with Crippen molar-refractivity contribution in [2.45, 2.75) is 11.5 Å². The van der Waals surface area contributed by atoms with E-state index in [0.29, 0.717) is 36.9 Å². The van der Waals surface area contributed by atoms with Gasteiger partial charge in [0.25, 0.3) is 0 Å². The summed E-state index contributed by atoms with van der Waals surface area (Å²) in [5.74, 6) is 0. The lowest BCUT2D eigenvalue weighted by Gasteiger charge is -2.26. The molecule has 0 atom stereocenters. The maximum absolute atomic E-state index is 12.3. The first-order chi connectivity index (χ1) is 8.55. The van der Waals surface area contributed by atoms with Gasteiger partial charge < -0.3 is 9.84 Å². The fraction of sp³-hybridized carbons (Fsp3) is 0.455. The number of nitrogens with zero attached hydrogens (tertiary/aromatic N) is 1. The number of ether oxygens (including phenoxy) is 1. The predicted molar refractivity (Wildman–Crippen MR) is 67.0 cm³/mol. The Bertz CT molecular complexity index is 526. The second-order valence-corrected chi connectivity index (χ2v) is 6.27. The summed E-state index contributed by atoms with van der Waals surface area (Å²) < 4.78 is 31.1. The van der Waals surface area contributed by atoms with Crippen LogP contribution in [0.3, 0.4) is 0 Å². The monoisotopic (exact) mass is 291 g/mol. The van der Waals surface area contributed by atoms with Crippen molar-refractivity contribution in [3.05, 3.63) is 28.8 Å². The second kappa shape index (κ2) is 5.54. The Morgan fingerprint density at radius 3 is 2.61 bits per heavy atom. The van der Waals surface area contributed by atoms with Crippen LogP contribution in [-0.2, 0) is 21.4 Å². The van der Waals surface area contributed by atoms with Crippen LogP contribution >= 0.6 is 11.6 Å². The first-order valence-corrected chi connectivity index (χ1v) is 7.34. The highest BCUT2D eigenvalue weighted by molar-refractivity contribution is 7.89. The number of aliphatic hydroxyl groups excluding tert-OH is 1. The molecule has 1 aliphatic rings. The van der Waals surface area contributed by atoms with Crippen LogP contribution in [0.1, 0.15) is 5.56 Å². The molecule has 1 N–H and O–H groups in total. The smallest absolute Gasteiger partial charge is 0.243 e. The molecule has 1 aromatic carbocycles. The fourth-order valence-corrected chi connectivity index (χ4v) is 3.41. The molecule has 1 saturated heterocycles. The number of hydrogen-bond acceptors (Lipinski definition) is 4. The summed E-state index contributed by atoms with van der Waals surface area (Å²) >= 11 is 5.84. The van der Waals surface area contributed by atoms with Crippen molar-refractivity contribution in [1.29, 1.82) is 0 Å². The molecule has 2 rings (SSSR count). The minimum Gasteiger partial charge on any atom is -0.392 e. The van der Waals surface area contributed by atoms with E-state index in [0.717, 1.165) is 0 Å². The number of sulfonamides is 1. The third-order valence-corrected chi connectivity index (χ3v) is 5.06. The first kappa shape index (κ1) is 13.8. The van der Waals surface area contributed by atoms with Gasteiger partial charge in [0.2, 0.25) is 10.0 Å². The molecular weight excluding hydrogens is 278 g/mol. The van der Waals surface area contributed by atoms with Gasteiger partial charge in [-0.2, -0.15) is 4.31 Å². The number of morpholine rings is 1. The lowest BCUT2D eigenvalue weighted by Crippen LogP contribution is -2.40. The molecule has 0 aliphatic carbocycles. The maximum Gasteiger partial charge on any atom is 0.243 e. The van der Waals surface area contributed by atoms with Gasteiger partial charge >= 0.3 is 0 Å². The molecular formula is C11H14ClNO4S. The first-order valence-electron chi connectivity index (χ1n) is 5.53. The molecule has 0 radical (unpaired) electrons. The standard InChI is InChI=1S/C11H14ClNO4S/c12-11-2-1-10(7-9(11)8-14)18(15,16)13-3-5-17-6-4-13/h1-2,7,14H,3-6,8H2. The quantitative estimate of drug-likeness (QED) is 0.897. The zero-order valence-electron chi connectivity index (χ0n) is 9.67. The fourth-order valence-electron chi connectivity index (χ4n) is 1.77. The highest BCUT2D eigenvalue weighted by Gasteiger charge is 2.26. The van der Waals surface area contributed by atoms with Gasteiger partial charge in [0, 0.05) is 18.1 Å². The Labute approximate surface area is 111 Å². The van der Waals surface area contributed by atoms with Crippen LogP contribution in [0.4, 0.5) is 0 Å². The van der Waals surface area contributed by atoms with Crippen LogP contribution in [0.2, 0.25) is 5.02 Å². The van der Waals surface area contributed by atoms with Crippen LogP contribution in [-0.4, -0.2) is 44.1 Å². The SMILES string of the molecule is O=S(=O)(c1ccc(Cl)c(CO)c1)N1CCOCC1. The van der Waals surface area contributed by atoms with Gasteiger partial charge in [0.05, 0.1) is 24.7 Å². The van der Waals surface area contributed by atoms with Gasteiger partial charge in [-0.25, -0.2) is 8.42 Å². The van der Waals surface area contributed by atoms with Crippen molar-refractivity contribution < 1.29 is 18.3 Å². The summed E-state index contributed by atoms with van der Waals surface area (Å²) in [4.78, 5) is 0.151. The van der Waals surface area contributed by atoms with Gasteiger partial charge in [-0.1, -0.05) is 11.6 Å². The topological polar surface area (TPSA) is 66.8 Å².